The third-order valence-electron chi connectivity index (χ3n) is 0.762. The fraction of sp³-hybridized carbons (Fsp3) is 0.667. The van der Waals surface area contributed by atoms with Gasteiger partial charge in [-0.3, -0.25) is 5.43 Å². The molecule has 0 aliphatic rings. The zero-order chi connectivity index (χ0) is 7.44. The summed E-state index contributed by atoms with van der Waals surface area (Å²) in [6.07, 6.45) is 0. The van der Waals surface area contributed by atoms with E-state index in [0.29, 0.717) is 0 Å². The number of nitrogens with two attached hydrogens (primary N) is 2. The first-order valence-electron chi connectivity index (χ1n) is 2.32. The molecule has 2 amide bonds. The van der Waals surface area contributed by atoms with Crippen molar-refractivity contribution in [2.75, 3.05) is 14.1 Å². The van der Waals surface area contributed by atoms with Crippen LogP contribution in [-0.2, 0) is 0 Å². The summed E-state index contributed by atoms with van der Waals surface area (Å²) < 4.78 is 0. The lowest BCUT2D eigenvalue weighted by Crippen LogP contribution is -2.53. The number of rotatable bonds is 1. The van der Waals surface area contributed by atoms with Crippen molar-refractivity contribution in [2.24, 2.45) is 11.7 Å². The van der Waals surface area contributed by atoms with Crippen LogP contribution in [0.3, 0.4) is 0 Å². The van der Waals surface area contributed by atoms with Gasteiger partial charge in [0, 0.05) is 14.1 Å². The summed E-state index contributed by atoms with van der Waals surface area (Å²) in [7, 11) is 3.24. The molecule has 9 heavy (non-hydrogen) atoms. The van der Waals surface area contributed by atoms with Gasteiger partial charge in [0.1, 0.15) is 0 Å². The predicted octanol–water partition coefficient (Wildman–Crippen LogP) is -1.78. The van der Waals surface area contributed by atoms with Crippen molar-refractivity contribution in [1.82, 2.24) is 15.6 Å². The summed E-state index contributed by atoms with van der Waals surface area (Å²) in [6, 6.07) is -0.556. The topological polar surface area (TPSA) is 87.6 Å². The number of amides is 2. The summed E-state index contributed by atoms with van der Waals surface area (Å²) in [4.78, 5) is 10.5. The van der Waals surface area contributed by atoms with E-state index < -0.39 is 6.03 Å². The highest BCUT2D eigenvalue weighted by Gasteiger charge is 2.07. The Bertz CT molecular complexity index is 102. The van der Waals surface area contributed by atoms with Crippen molar-refractivity contribution < 1.29 is 4.79 Å². The molecule has 0 aliphatic carbocycles. The molecular weight excluding hydrogens is 122 g/mol. The molecule has 6 nitrogen and oxygen atoms in total. The largest absolute Gasteiger partial charge is 0.360 e. The van der Waals surface area contributed by atoms with Gasteiger partial charge in [-0.25, -0.2) is 21.5 Å². The van der Waals surface area contributed by atoms with Crippen LogP contribution in [0, 0.1) is 0 Å². The number of urea groups is 1. The van der Waals surface area contributed by atoms with Crippen LogP contribution in [0.1, 0.15) is 0 Å². The van der Waals surface area contributed by atoms with E-state index in [2.05, 4.69) is 0 Å². The van der Waals surface area contributed by atoms with E-state index >= 15 is 0 Å². The minimum absolute atomic E-state index is 0.556. The van der Waals surface area contributed by atoms with Crippen molar-refractivity contribution in [3.8, 4) is 0 Å². The second-order valence-corrected chi connectivity index (χ2v) is 1.64. The lowest BCUT2D eigenvalue weighted by atomic mass is 11.0. The van der Waals surface area contributed by atoms with Crippen LogP contribution in [0.5, 0.6) is 0 Å². The molecule has 0 aromatic carbocycles. The Morgan fingerprint density at radius 1 is 1.56 bits per heavy atom. The molecule has 0 rings (SSSR count). The van der Waals surface area contributed by atoms with Gasteiger partial charge in [-0.05, 0) is 0 Å². The molecule has 5 N–H and O–H groups in total. The SMILES string of the molecule is CN(C)N(N)C(=O)NN. The van der Waals surface area contributed by atoms with Crippen LogP contribution in [0.15, 0.2) is 0 Å². The molecule has 0 atom stereocenters. The molecule has 0 saturated heterocycles. The van der Waals surface area contributed by atoms with Gasteiger partial charge < -0.3 is 0 Å². The van der Waals surface area contributed by atoms with Gasteiger partial charge in [0.05, 0.1) is 0 Å². The first kappa shape index (κ1) is 8.15. The van der Waals surface area contributed by atoms with Crippen LogP contribution in [0.4, 0.5) is 4.79 Å². The lowest BCUT2D eigenvalue weighted by Gasteiger charge is -2.21. The van der Waals surface area contributed by atoms with E-state index in [9.17, 15) is 4.79 Å². The molecule has 0 spiro atoms. The van der Waals surface area contributed by atoms with Crippen molar-refractivity contribution >= 4 is 6.03 Å². The normalized spacial score (nSPS) is 9.44. The highest BCUT2D eigenvalue weighted by Crippen LogP contribution is 1.79. The maximum absolute atomic E-state index is 10.5. The Hall–Kier alpha value is -0.850. The molecular formula is C3H11N5O. The number of hydrogen-bond donors (Lipinski definition) is 3. The van der Waals surface area contributed by atoms with E-state index in [4.69, 9.17) is 11.7 Å². The van der Waals surface area contributed by atoms with Crippen molar-refractivity contribution in [3.05, 3.63) is 0 Å². The Morgan fingerprint density at radius 3 is 2.11 bits per heavy atom. The van der Waals surface area contributed by atoms with Gasteiger partial charge in [0.25, 0.3) is 0 Å². The fourth-order valence-electron chi connectivity index (χ4n) is 0.248. The number of hydrogen-bond acceptors (Lipinski definition) is 4. The molecule has 0 aromatic heterocycles. The number of carbonyl (C=O) groups is 1. The van der Waals surface area contributed by atoms with Crippen LogP contribution in [0.25, 0.3) is 0 Å². The quantitative estimate of drug-likeness (QED) is 0.224. The molecule has 0 aromatic rings. The average molecular weight is 133 g/mol. The van der Waals surface area contributed by atoms with E-state index in [-0.39, 0.29) is 0 Å². The summed E-state index contributed by atoms with van der Waals surface area (Å²) in [6.45, 7) is 0. The second kappa shape index (κ2) is 3.23. The van der Waals surface area contributed by atoms with E-state index in [1.807, 2.05) is 5.43 Å². The standard InChI is InChI=1S/C3H11N5O/c1-7(2)8(5)3(9)6-4/h4-5H2,1-2H3,(H,6,9). The number of nitrogens with zero attached hydrogens (tertiary/aromatic N) is 2. The van der Waals surface area contributed by atoms with Crippen LogP contribution >= 0.6 is 0 Å². The van der Waals surface area contributed by atoms with E-state index in [1.165, 1.54) is 5.01 Å². The van der Waals surface area contributed by atoms with Gasteiger partial charge >= 0.3 is 6.03 Å². The Balaban J connectivity index is 3.72. The molecule has 0 fully saturated rings. The van der Waals surface area contributed by atoms with Gasteiger partial charge in [0.2, 0.25) is 0 Å². The summed E-state index contributed by atoms with van der Waals surface area (Å²) in [5.41, 5.74) is 1.87. The molecule has 54 valence electrons. The maximum atomic E-state index is 10.5. The number of nitrogens with one attached hydrogen (secondary N) is 1. The monoisotopic (exact) mass is 133 g/mol. The molecule has 0 saturated carbocycles. The number of hydrazine groups is 3. The molecule has 0 aliphatic heterocycles. The zero-order valence-corrected chi connectivity index (χ0v) is 5.46. The number of carbonyl (C=O) groups excluding carboxylic acids is 1. The zero-order valence-electron chi connectivity index (χ0n) is 5.46. The average Bonchev–Trinajstić information content (AvgIpc) is 1.84. The van der Waals surface area contributed by atoms with Crippen molar-refractivity contribution in [1.29, 1.82) is 0 Å². The summed E-state index contributed by atoms with van der Waals surface area (Å²) >= 11 is 0. The van der Waals surface area contributed by atoms with E-state index in [0.717, 1.165) is 5.12 Å². The highest BCUT2D eigenvalue weighted by molar-refractivity contribution is 5.72. The lowest BCUT2D eigenvalue weighted by molar-refractivity contribution is 0.0629. The van der Waals surface area contributed by atoms with Gasteiger partial charge in [0.15, 0.2) is 0 Å². The van der Waals surface area contributed by atoms with Crippen LogP contribution in [0.2, 0.25) is 0 Å². The first-order valence-corrected chi connectivity index (χ1v) is 2.32. The smallest absolute Gasteiger partial charge is 0.274 e. The van der Waals surface area contributed by atoms with Gasteiger partial charge in [-0.15, -0.1) is 0 Å². The Kier molecular flexibility index (Phi) is 2.93. The van der Waals surface area contributed by atoms with Gasteiger partial charge in [-0.1, -0.05) is 0 Å². The molecule has 6 heteroatoms. The van der Waals surface area contributed by atoms with Crippen molar-refractivity contribution in [2.45, 2.75) is 0 Å². The van der Waals surface area contributed by atoms with E-state index in [1.54, 1.807) is 14.1 Å². The molecule has 0 unspecified atom stereocenters. The minimum Gasteiger partial charge on any atom is -0.274 e. The van der Waals surface area contributed by atoms with Crippen LogP contribution < -0.4 is 17.1 Å². The molecule has 0 radical (unpaired) electrons. The second-order valence-electron chi connectivity index (χ2n) is 1.64. The van der Waals surface area contributed by atoms with Crippen molar-refractivity contribution in [3.63, 3.8) is 0 Å². The Labute approximate surface area is 53.3 Å². The summed E-state index contributed by atoms with van der Waals surface area (Å²) in [5.74, 6) is 9.90. The summed E-state index contributed by atoms with van der Waals surface area (Å²) in [5, 5.41) is 2.24. The first-order chi connectivity index (χ1) is 4.09. The molecule has 0 bridgehead atoms. The third-order valence-corrected chi connectivity index (χ3v) is 0.762. The fourth-order valence-corrected chi connectivity index (χ4v) is 0.248. The molecule has 0 heterocycles. The maximum Gasteiger partial charge on any atom is 0.360 e. The minimum atomic E-state index is -0.556. The predicted molar refractivity (Wildman–Crippen MR) is 32.4 cm³/mol. The van der Waals surface area contributed by atoms with Crippen LogP contribution in [-0.4, -0.2) is 30.3 Å². The Morgan fingerprint density at radius 2 is 2.00 bits per heavy atom. The third kappa shape index (κ3) is 2.27. The highest BCUT2D eigenvalue weighted by atomic mass is 16.2. The van der Waals surface area contributed by atoms with Gasteiger partial charge in [-0.2, -0.15) is 5.12 Å².